The van der Waals surface area contributed by atoms with Crippen LogP contribution in [0.25, 0.3) is 0 Å². The van der Waals surface area contributed by atoms with E-state index in [-0.39, 0.29) is 0 Å². The highest BCUT2D eigenvalue weighted by Crippen LogP contribution is 2.36. The van der Waals surface area contributed by atoms with Crippen molar-refractivity contribution in [2.24, 2.45) is 0 Å². The summed E-state index contributed by atoms with van der Waals surface area (Å²) in [6.45, 7) is -0.677. The maximum atomic E-state index is 10.9. The largest absolute Gasteiger partial charge is 0.394 e. The van der Waals surface area contributed by atoms with Crippen molar-refractivity contribution >= 4 is 7.60 Å². The van der Waals surface area contributed by atoms with Gasteiger partial charge >= 0.3 is 7.60 Å². The van der Waals surface area contributed by atoms with Crippen molar-refractivity contribution in [3.63, 3.8) is 0 Å². The Kier molecular flexibility index (Phi) is 8.66. The van der Waals surface area contributed by atoms with E-state index in [0.717, 1.165) is 6.66 Å². The van der Waals surface area contributed by atoms with Gasteiger partial charge in [-0.2, -0.15) is 0 Å². The first kappa shape index (κ1) is 21.9. The lowest BCUT2D eigenvalue weighted by Gasteiger charge is -2.25. The Morgan fingerprint density at radius 2 is 1.79 bits per heavy atom. The first-order valence-electron chi connectivity index (χ1n) is 7.18. The highest BCUT2D eigenvalue weighted by molar-refractivity contribution is 7.51. The van der Waals surface area contributed by atoms with E-state index in [1.807, 2.05) is 0 Å². The number of hydrogen-bond acceptors (Lipinski definition) is 10. The van der Waals surface area contributed by atoms with Crippen molar-refractivity contribution in [1.82, 2.24) is 0 Å². The molecule has 1 aliphatic heterocycles. The normalized spacial score (nSPS) is 33.8. The van der Waals surface area contributed by atoms with Gasteiger partial charge in [0.25, 0.3) is 0 Å². The van der Waals surface area contributed by atoms with E-state index in [2.05, 4.69) is 4.52 Å². The zero-order valence-corrected chi connectivity index (χ0v) is 14.2. The first-order chi connectivity index (χ1) is 11.1. The summed E-state index contributed by atoms with van der Waals surface area (Å²) >= 11 is 0. The van der Waals surface area contributed by atoms with E-state index >= 15 is 0 Å². The van der Waals surface area contributed by atoms with E-state index in [4.69, 9.17) is 24.2 Å². The molecule has 0 aromatic rings. The Bertz CT molecular complexity index is 416. The molecule has 1 rings (SSSR count). The van der Waals surface area contributed by atoms with Crippen molar-refractivity contribution in [2.75, 3.05) is 33.6 Å². The lowest BCUT2D eigenvalue weighted by atomic mass is 10.1. The summed E-state index contributed by atoms with van der Waals surface area (Å²) in [6.07, 6.45) is -8.97. The van der Waals surface area contributed by atoms with Gasteiger partial charge in [-0.25, -0.2) is 0 Å². The van der Waals surface area contributed by atoms with E-state index in [0.29, 0.717) is 0 Å². The second kappa shape index (κ2) is 9.51. The van der Waals surface area contributed by atoms with E-state index in [9.17, 15) is 25.0 Å². The number of hydrogen-bond donors (Lipinski definition) is 6. The van der Waals surface area contributed by atoms with Crippen molar-refractivity contribution in [1.29, 1.82) is 0 Å². The van der Waals surface area contributed by atoms with Gasteiger partial charge < -0.3 is 49.2 Å². The molecule has 1 fully saturated rings. The molecule has 0 radical (unpaired) electrons. The molecule has 12 heteroatoms. The summed E-state index contributed by atoms with van der Waals surface area (Å²) < 4.78 is 30.7. The Labute approximate surface area is 138 Å². The van der Waals surface area contributed by atoms with Gasteiger partial charge in [0, 0.05) is 13.8 Å². The van der Waals surface area contributed by atoms with Gasteiger partial charge in [-0.05, 0) is 0 Å². The molecule has 0 aromatic heterocycles. The summed E-state index contributed by atoms with van der Waals surface area (Å²) in [7, 11) is -2.50. The molecule has 8 atom stereocenters. The van der Waals surface area contributed by atoms with Crippen LogP contribution >= 0.6 is 7.60 Å². The quantitative estimate of drug-likeness (QED) is 0.214. The molecule has 6 N–H and O–H groups in total. The van der Waals surface area contributed by atoms with E-state index in [1.54, 1.807) is 0 Å². The predicted molar refractivity (Wildman–Crippen MR) is 78.2 cm³/mol. The average Bonchev–Trinajstić information content (AvgIpc) is 2.83. The molecule has 0 aliphatic carbocycles. The number of methoxy groups -OCH3 is 1. The van der Waals surface area contributed by atoms with Crippen molar-refractivity contribution in [3.05, 3.63) is 0 Å². The minimum absolute atomic E-state index is 0.408. The topological polar surface area (TPSA) is 175 Å². The Morgan fingerprint density at radius 3 is 2.25 bits per heavy atom. The molecule has 24 heavy (non-hydrogen) atoms. The molecular weight excluding hydrogens is 351 g/mol. The first-order valence-corrected chi connectivity index (χ1v) is 9.21. The van der Waals surface area contributed by atoms with E-state index in [1.165, 1.54) is 7.11 Å². The second-order valence-electron chi connectivity index (χ2n) is 5.47. The smallest absolute Gasteiger partial charge is 0.325 e. The second-order valence-corrected chi connectivity index (χ2v) is 7.34. The zero-order valence-electron chi connectivity index (χ0n) is 13.3. The van der Waals surface area contributed by atoms with Crippen LogP contribution in [-0.2, 0) is 23.3 Å². The SMILES string of the molecule is COC1C(O)[C@H](OCC(O)C(O)C(O)COP(C)(=O)O)O[C@@H]1CO. The summed E-state index contributed by atoms with van der Waals surface area (Å²) in [6, 6.07) is 0. The standard InChI is InChI=1S/C12H25O11P/c1-20-11-8(3-13)23-12(10(11)17)21-4-6(14)9(16)7(15)5-22-24(2,18)19/h6-17H,3-5H2,1-2H3,(H,18,19)/t6?,7?,8-,9?,10?,11?,12-/m1/s1. The van der Waals surface area contributed by atoms with Gasteiger partial charge in [0.05, 0.1) is 19.8 Å². The van der Waals surface area contributed by atoms with Crippen LogP contribution in [0.4, 0.5) is 0 Å². The Hall–Kier alpha value is -0.170. The molecular formula is C12H25O11P. The van der Waals surface area contributed by atoms with E-state index < -0.39 is 70.3 Å². The van der Waals surface area contributed by atoms with Crippen molar-refractivity contribution in [2.45, 2.75) is 42.9 Å². The number of rotatable bonds is 10. The van der Waals surface area contributed by atoms with Crippen LogP contribution in [0, 0.1) is 0 Å². The molecule has 0 saturated carbocycles. The van der Waals surface area contributed by atoms with Crippen LogP contribution in [0.1, 0.15) is 0 Å². The number of ether oxygens (including phenoxy) is 3. The van der Waals surface area contributed by atoms with Crippen LogP contribution in [-0.4, -0.2) is 107 Å². The van der Waals surface area contributed by atoms with Crippen LogP contribution in [0.5, 0.6) is 0 Å². The zero-order chi connectivity index (χ0) is 18.5. The molecule has 144 valence electrons. The summed E-state index contributed by atoms with van der Waals surface area (Å²) in [5.74, 6) is 0. The molecule has 1 heterocycles. The van der Waals surface area contributed by atoms with Crippen molar-refractivity contribution < 1.29 is 53.7 Å². The number of aliphatic hydroxyl groups is 5. The summed E-state index contributed by atoms with van der Waals surface area (Å²) in [4.78, 5) is 8.94. The molecule has 0 spiro atoms. The minimum Gasteiger partial charge on any atom is -0.394 e. The molecule has 1 saturated heterocycles. The Morgan fingerprint density at radius 1 is 1.21 bits per heavy atom. The van der Waals surface area contributed by atoms with Crippen molar-refractivity contribution in [3.8, 4) is 0 Å². The monoisotopic (exact) mass is 376 g/mol. The predicted octanol–water partition coefficient (Wildman–Crippen LogP) is -2.99. The lowest BCUT2D eigenvalue weighted by Crippen LogP contribution is -2.44. The third kappa shape index (κ3) is 6.28. The van der Waals surface area contributed by atoms with Crippen LogP contribution < -0.4 is 0 Å². The third-order valence-electron chi connectivity index (χ3n) is 3.45. The maximum Gasteiger partial charge on any atom is 0.325 e. The minimum atomic E-state index is -3.83. The van der Waals surface area contributed by atoms with Gasteiger partial charge in [-0.1, -0.05) is 0 Å². The number of aliphatic hydroxyl groups excluding tert-OH is 5. The fraction of sp³-hybridized carbons (Fsp3) is 1.00. The highest BCUT2D eigenvalue weighted by atomic mass is 31.2. The fourth-order valence-electron chi connectivity index (χ4n) is 2.14. The highest BCUT2D eigenvalue weighted by Gasteiger charge is 2.44. The van der Waals surface area contributed by atoms with Gasteiger partial charge in [0.1, 0.15) is 36.6 Å². The Balaban J connectivity index is 2.44. The lowest BCUT2D eigenvalue weighted by molar-refractivity contribution is -0.194. The van der Waals surface area contributed by atoms with Crippen LogP contribution in [0.2, 0.25) is 0 Å². The fourth-order valence-corrected chi connectivity index (χ4v) is 2.57. The molecule has 6 unspecified atom stereocenters. The molecule has 0 bridgehead atoms. The molecule has 0 amide bonds. The van der Waals surface area contributed by atoms with Gasteiger partial charge in [0.2, 0.25) is 0 Å². The molecule has 11 nitrogen and oxygen atoms in total. The maximum absolute atomic E-state index is 10.9. The van der Waals surface area contributed by atoms with Crippen LogP contribution in [0.15, 0.2) is 0 Å². The third-order valence-corrected chi connectivity index (χ3v) is 4.08. The van der Waals surface area contributed by atoms with Gasteiger partial charge in [0.15, 0.2) is 6.29 Å². The van der Waals surface area contributed by atoms with Gasteiger partial charge in [-0.15, -0.1) is 0 Å². The summed E-state index contributed by atoms with van der Waals surface area (Å²) in [5, 5.41) is 48.1. The van der Waals surface area contributed by atoms with Gasteiger partial charge in [-0.3, -0.25) is 4.57 Å². The molecule has 1 aliphatic rings. The molecule has 0 aromatic carbocycles. The van der Waals surface area contributed by atoms with Crippen LogP contribution in [0.3, 0.4) is 0 Å². The average molecular weight is 376 g/mol. The summed E-state index contributed by atoms with van der Waals surface area (Å²) in [5.41, 5.74) is 0.